The molecule has 4 heteroatoms. The van der Waals surface area contributed by atoms with E-state index in [4.69, 9.17) is 0 Å². The van der Waals surface area contributed by atoms with Crippen molar-refractivity contribution in [2.45, 2.75) is 6.54 Å². The summed E-state index contributed by atoms with van der Waals surface area (Å²) in [5, 5.41) is 5.17. The fraction of sp³-hybridized carbons (Fsp3) is 0.150. The maximum atomic E-state index is 12.9. The Morgan fingerprint density at radius 3 is 2.50 bits per heavy atom. The van der Waals surface area contributed by atoms with Crippen LogP contribution in [0.15, 0.2) is 66.7 Å². The highest BCUT2D eigenvalue weighted by atomic mass is 19.1. The zero-order chi connectivity index (χ0) is 16.9. The van der Waals surface area contributed by atoms with Crippen molar-refractivity contribution >= 4 is 22.4 Å². The number of benzene rings is 3. The van der Waals surface area contributed by atoms with Crippen LogP contribution in [0.25, 0.3) is 10.8 Å². The molecule has 0 aromatic heterocycles. The van der Waals surface area contributed by atoms with E-state index in [2.05, 4.69) is 29.6 Å². The molecule has 1 amide bonds. The summed E-state index contributed by atoms with van der Waals surface area (Å²) in [7, 11) is 1.91. The molecule has 0 heterocycles. The molecule has 3 aromatic carbocycles. The van der Waals surface area contributed by atoms with Crippen molar-refractivity contribution in [3.63, 3.8) is 0 Å². The second-order valence-corrected chi connectivity index (χ2v) is 5.87. The monoisotopic (exact) mass is 322 g/mol. The molecule has 0 aliphatic rings. The predicted octanol–water partition coefficient (Wildman–Crippen LogP) is 4.05. The summed E-state index contributed by atoms with van der Waals surface area (Å²) < 4.78 is 12.9. The number of rotatable bonds is 5. The number of anilines is 1. The number of likely N-dealkylation sites (N-methyl/N-ethyl adjacent to an activating group) is 1. The van der Waals surface area contributed by atoms with E-state index in [9.17, 15) is 9.18 Å². The van der Waals surface area contributed by atoms with Crippen LogP contribution < -0.4 is 5.32 Å². The maximum absolute atomic E-state index is 12.9. The van der Waals surface area contributed by atoms with Gasteiger partial charge in [-0.15, -0.1) is 0 Å². The largest absolute Gasteiger partial charge is 0.325 e. The van der Waals surface area contributed by atoms with Gasteiger partial charge >= 0.3 is 0 Å². The number of fused-ring (bicyclic) bond motifs is 1. The summed E-state index contributed by atoms with van der Waals surface area (Å²) in [6, 6.07) is 20.2. The molecule has 0 bridgehead atoms. The normalized spacial score (nSPS) is 11.0. The van der Waals surface area contributed by atoms with Crippen molar-refractivity contribution in [1.29, 1.82) is 0 Å². The molecule has 0 radical (unpaired) electrons. The van der Waals surface area contributed by atoms with Crippen LogP contribution in [0.3, 0.4) is 0 Å². The van der Waals surface area contributed by atoms with Gasteiger partial charge in [0.2, 0.25) is 5.91 Å². The zero-order valence-electron chi connectivity index (χ0n) is 13.5. The van der Waals surface area contributed by atoms with Crippen molar-refractivity contribution < 1.29 is 9.18 Å². The van der Waals surface area contributed by atoms with Gasteiger partial charge in [0.1, 0.15) is 5.82 Å². The highest BCUT2D eigenvalue weighted by Crippen LogP contribution is 2.19. The summed E-state index contributed by atoms with van der Waals surface area (Å²) in [6.07, 6.45) is 0. The first-order chi connectivity index (χ1) is 11.6. The number of carbonyl (C=O) groups is 1. The first-order valence-corrected chi connectivity index (χ1v) is 7.82. The van der Waals surface area contributed by atoms with Gasteiger partial charge < -0.3 is 5.32 Å². The lowest BCUT2D eigenvalue weighted by Gasteiger charge is -2.17. The van der Waals surface area contributed by atoms with Gasteiger partial charge in [0, 0.05) is 12.2 Å². The Hall–Kier alpha value is -2.72. The van der Waals surface area contributed by atoms with Crippen molar-refractivity contribution in [3.05, 3.63) is 78.1 Å². The Morgan fingerprint density at radius 1 is 1.00 bits per heavy atom. The molecule has 1 N–H and O–H groups in total. The van der Waals surface area contributed by atoms with Crippen LogP contribution in [-0.2, 0) is 11.3 Å². The van der Waals surface area contributed by atoms with Crippen LogP contribution in [0.5, 0.6) is 0 Å². The van der Waals surface area contributed by atoms with E-state index in [0.717, 1.165) is 0 Å². The standard InChI is InChI=1S/C20H19FN2O/c1-23(14-20(24)22-18-11-9-17(21)10-12-18)13-16-7-4-6-15-5-2-3-8-19(15)16/h2-12H,13-14H2,1H3,(H,22,24). The molecule has 0 spiro atoms. The predicted molar refractivity (Wildman–Crippen MR) is 95.3 cm³/mol. The second kappa shape index (κ2) is 7.23. The van der Waals surface area contributed by atoms with Crippen molar-refractivity contribution in [2.75, 3.05) is 18.9 Å². The van der Waals surface area contributed by atoms with Crippen LogP contribution in [-0.4, -0.2) is 24.4 Å². The van der Waals surface area contributed by atoms with E-state index in [1.54, 1.807) is 12.1 Å². The van der Waals surface area contributed by atoms with Crippen molar-refractivity contribution in [2.24, 2.45) is 0 Å². The topological polar surface area (TPSA) is 32.3 Å². The molecule has 0 unspecified atom stereocenters. The van der Waals surface area contributed by atoms with E-state index in [1.807, 2.05) is 30.1 Å². The second-order valence-electron chi connectivity index (χ2n) is 5.87. The molecular weight excluding hydrogens is 303 g/mol. The quantitative estimate of drug-likeness (QED) is 0.768. The summed E-state index contributed by atoms with van der Waals surface area (Å²) in [4.78, 5) is 14.1. The average Bonchev–Trinajstić information content (AvgIpc) is 2.57. The first kappa shape index (κ1) is 16.1. The van der Waals surface area contributed by atoms with Gasteiger partial charge in [-0.05, 0) is 47.6 Å². The van der Waals surface area contributed by atoms with Gasteiger partial charge in [-0.1, -0.05) is 42.5 Å². The maximum Gasteiger partial charge on any atom is 0.238 e. The van der Waals surface area contributed by atoms with Gasteiger partial charge in [0.05, 0.1) is 6.54 Å². The third-order valence-corrected chi connectivity index (χ3v) is 3.86. The van der Waals surface area contributed by atoms with Crippen LogP contribution in [0.2, 0.25) is 0 Å². The van der Waals surface area contributed by atoms with Crippen LogP contribution in [0.1, 0.15) is 5.56 Å². The van der Waals surface area contributed by atoms with E-state index in [0.29, 0.717) is 12.2 Å². The molecule has 122 valence electrons. The van der Waals surface area contributed by atoms with Gasteiger partial charge in [-0.3, -0.25) is 9.69 Å². The number of hydrogen-bond donors (Lipinski definition) is 1. The van der Waals surface area contributed by atoms with Crippen LogP contribution >= 0.6 is 0 Å². The number of nitrogens with one attached hydrogen (secondary N) is 1. The molecule has 0 saturated carbocycles. The minimum Gasteiger partial charge on any atom is -0.325 e. The zero-order valence-corrected chi connectivity index (χ0v) is 13.5. The highest BCUT2D eigenvalue weighted by Gasteiger charge is 2.09. The summed E-state index contributed by atoms with van der Waals surface area (Å²) in [5.74, 6) is -0.439. The van der Waals surface area contributed by atoms with Crippen LogP contribution in [0, 0.1) is 5.82 Å². The number of carbonyl (C=O) groups excluding carboxylic acids is 1. The Labute approximate surface area is 140 Å². The molecule has 0 aliphatic carbocycles. The molecular formula is C20H19FN2O. The van der Waals surface area contributed by atoms with Gasteiger partial charge in [0.25, 0.3) is 0 Å². The average molecular weight is 322 g/mol. The Kier molecular flexibility index (Phi) is 4.87. The third-order valence-electron chi connectivity index (χ3n) is 3.86. The molecule has 3 aromatic rings. The fourth-order valence-corrected chi connectivity index (χ4v) is 2.76. The van der Waals surface area contributed by atoms with Gasteiger partial charge in [-0.2, -0.15) is 0 Å². The summed E-state index contributed by atoms with van der Waals surface area (Å²) in [6.45, 7) is 0.943. The first-order valence-electron chi connectivity index (χ1n) is 7.82. The lowest BCUT2D eigenvalue weighted by Crippen LogP contribution is -2.29. The van der Waals surface area contributed by atoms with E-state index in [-0.39, 0.29) is 18.3 Å². The Morgan fingerprint density at radius 2 is 1.71 bits per heavy atom. The van der Waals surface area contributed by atoms with E-state index >= 15 is 0 Å². The minimum absolute atomic E-state index is 0.121. The molecule has 0 fully saturated rings. The third kappa shape index (κ3) is 3.97. The molecule has 0 saturated heterocycles. The molecule has 0 atom stereocenters. The fourth-order valence-electron chi connectivity index (χ4n) is 2.76. The molecule has 3 nitrogen and oxygen atoms in total. The Bertz CT molecular complexity index is 840. The smallest absolute Gasteiger partial charge is 0.238 e. The minimum atomic E-state index is -0.318. The van der Waals surface area contributed by atoms with Crippen molar-refractivity contribution in [1.82, 2.24) is 4.90 Å². The SMILES string of the molecule is CN(CC(=O)Nc1ccc(F)cc1)Cc1cccc2ccccc12. The van der Waals surface area contributed by atoms with Gasteiger partial charge in [0.15, 0.2) is 0 Å². The number of halogens is 1. The lowest BCUT2D eigenvalue weighted by molar-refractivity contribution is -0.117. The molecule has 0 aliphatic heterocycles. The number of nitrogens with zero attached hydrogens (tertiary/aromatic N) is 1. The summed E-state index contributed by atoms with van der Waals surface area (Å²) in [5.41, 5.74) is 1.78. The number of hydrogen-bond acceptors (Lipinski definition) is 2. The number of amides is 1. The van der Waals surface area contributed by atoms with Crippen LogP contribution in [0.4, 0.5) is 10.1 Å². The molecule has 3 rings (SSSR count). The Balaban J connectivity index is 1.63. The van der Waals surface area contributed by atoms with E-state index < -0.39 is 0 Å². The van der Waals surface area contributed by atoms with Gasteiger partial charge in [-0.25, -0.2) is 4.39 Å². The highest BCUT2D eigenvalue weighted by molar-refractivity contribution is 5.92. The summed E-state index contributed by atoms with van der Waals surface area (Å²) >= 11 is 0. The lowest BCUT2D eigenvalue weighted by atomic mass is 10.0. The van der Waals surface area contributed by atoms with Crippen molar-refractivity contribution in [3.8, 4) is 0 Å². The van der Waals surface area contributed by atoms with E-state index in [1.165, 1.54) is 28.5 Å². The molecule has 24 heavy (non-hydrogen) atoms.